The van der Waals surface area contributed by atoms with E-state index in [0.29, 0.717) is 31.4 Å². The molecule has 3 amide bonds. The van der Waals surface area contributed by atoms with Crippen molar-refractivity contribution in [1.82, 2.24) is 20.0 Å². The number of hydrogen-bond donors (Lipinski definition) is 2. The van der Waals surface area contributed by atoms with E-state index in [2.05, 4.69) is 29.6 Å². The highest BCUT2D eigenvalue weighted by molar-refractivity contribution is 5.92. The Morgan fingerprint density at radius 1 is 1.21 bits per heavy atom. The number of aryl methyl sites for hydroxylation is 2. The third-order valence-electron chi connectivity index (χ3n) is 5.16. The number of nitrogens with zero attached hydrogens (tertiary/aromatic N) is 3. The van der Waals surface area contributed by atoms with Crippen LogP contribution < -0.4 is 10.6 Å². The first-order chi connectivity index (χ1) is 13.8. The second-order valence-electron chi connectivity index (χ2n) is 8.27. The van der Waals surface area contributed by atoms with E-state index in [-0.39, 0.29) is 17.9 Å². The molecular formula is C22H31N5O2. The highest BCUT2D eigenvalue weighted by atomic mass is 16.2. The number of benzene rings is 1. The smallest absolute Gasteiger partial charge is 0.317 e. The molecule has 29 heavy (non-hydrogen) atoms. The van der Waals surface area contributed by atoms with Gasteiger partial charge in [0.1, 0.15) is 0 Å². The molecule has 7 nitrogen and oxygen atoms in total. The van der Waals surface area contributed by atoms with Crippen molar-refractivity contribution in [3.05, 3.63) is 41.6 Å². The van der Waals surface area contributed by atoms with Gasteiger partial charge in [0.25, 0.3) is 0 Å². The average Bonchev–Trinajstić information content (AvgIpc) is 3.06. The van der Waals surface area contributed by atoms with E-state index in [1.165, 1.54) is 5.56 Å². The fourth-order valence-electron chi connectivity index (χ4n) is 3.49. The second kappa shape index (κ2) is 9.11. The van der Waals surface area contributed by atoms with Crippen LogP contribution >= 0.6 is 0 Å². The summed E-state index contributed by atoms with van der Waals surface area (Å²) < 4.78 is 1.82. The Bertz CT molecular complexity index is 857. The van der Waals surface area contributed by atoms with Crippen LogP contribution in [-0.4, -0.2) is 46.3 Å². The molecule has 0 aliphatic carbocycles. The van der Waals surface area contributed by atoms with Crippen molar-refractivity contribution < 1.29 is 9.59 Å². The van der Waals surface area contributed by atoms with Gasteiger partial charge in [-0.3, -0.25) is 4.79 Å². The highest BCUT2D eigenvalue weighted by Gasteiger charge is 2.29. The summed E-state index contributed by atoms with van der Waals surface area (Å²) in [6, 6.07) is 9.88. The van der Waals surface area contributed by atoms with Gasteiger partial charge in [-0.05, 0) is 44.7 Å². The lowest BCUT2D eigenvalue weighted by Gasteiger charge is -2.32. The van der Waals surface area contributed by atoms with Gasteiger partial charge in [0, 0.05) is 31.4 Å². The molecule has 2 heterocycles. The minimum atomic E-state index is -0.224. The van der Waals surface area contributed by atoms with Crippen LogP contribution in [-0.2, 0) is 4.79 Å². The van der Waals surface area contributed by atoms with Crippen molar-refractivity contribution in [1.29, 1.82) is 0 Å². The Hall–Kier alpha value is -2.83. The normalized spacial score (nSPS) is 16.7. The number of carbonyl (C=O) groups excluding carboxylic acids is 2. The number of urea groups is 1. The van der Waals surface area contributed by atoms with Crippen molar-refractivity contribution in [3.63, 3.8) is 0 Å². The summed E-state index contributed by atoms with van der Waals surface area (Å²) in [5.41, 5.74) is 3.09. The van der Waals surface area contributed by atoms with Gasteiger partial charge in [0.15, 0.2) is 5.82 Å². The van der Waals surface area contributed by atoms with Gasteiger partial charge in [-0.25, -0.2) is 9.48 Å². The first-order valence-electron chi connectivity index (χ1n) is 10.3. The van der Waals surface area contributed by atoms with Gasteiger partial charge in [0.05, 0.1) is 11.6 Å². The Labute approximate surface area is 172 Å². The third kappa shape index (κ3) is 5.37. The maximum Gasteiger partial charge on any atom is 0.317 e. The molecule has 2 N–H and O–H groups in total. The Morgan fingerprint density at radius 3 is 2.62 bits per heavy atom. The predicted molar refractivity (Wildman–Crippen MR) is 114 cm³/mol. The van der Waals surface area contributed by atoms with Crippen molar-refractivity contribution in [3.8, 4) is 5.69 Å². The Morgan fingerprint density at radius 2 is 1.93 bits per heavy atom. The van der Waals surface area contributed by atoms with Crippen molar-refractivity contribution in [2.45, 2.75) is 40.5 Å². The minimum Gasteiger partial charge on any atom is -0.338 e. The van der Waals surface area contributed by atoms with E-state index in [4.69, 9.17) is 0 Å². The molecule has 7 heteroatoms. The molecule has 156 valence electrons. The van der Waals surface area contributed by atoms with Crippen LogP contribution in [0.15, 0.2) is 30.3 Å². The van der Waals surface area contributed by atoms with Crippen LogP contribution in [0.3, 0.4) is 0 Å². The summed E-state index contributed by atoms with van der Waals surface area (Å²) in [7, 11) is 0. The lowest BCUT2D eigenvalue weighted by atomic mass is 9.97. The van der Waals surface area contributed by atoms with Gasteiger partial charge in [-0.15, -0.1) is 5.10 Å². The van der Waals surface area contributed by atoms with Crippen molar-refractivity contribution in [2.75, 3.05) is 25.0 Å². The molecule has 1 atom stereocenters. The van der Waals surface area contributed by atoms with Gasteiger partial charge < -0.3 is 15.5 Å². The van der Waals surface area contributed by atoms with Crippen LogP contribution in [0, 0.1) is 25.7 Å². The fraction of sp³-hybridized carbons (Fsp3) is 0.500. The molecule has 0 spiro atoms. The number of piperidine rings is 1. The van der Waals surface area contributed by atoms with Crippen LogP contribution in [0.25, 0.3) is 5.69 Å². The first-order valence-corrected chi connectivity index (χ1v) is 10.3. The number of aromatic nitrogens is 2. The second-order valence-corrected chi connectivity index (χ2v) is 8.27. The van der Waals surface area contributed by atoms with Crippen molar-refractivity contribution in [2.24, 2.45) is 11.8 Å². The minimum absolute atomic E-state index is 0.0834. The molecule has 0 bridgehead atoms. The molecule has 1 aromatic heterocycles. The first kappa shape index (κ1) is 20.9. The number of nitrogens with one attached hydrogen (secondary N) is 2. The lowest BCUT2D eigenvalue weighted by molar-refractivity contribution is -0.121. The molecule has 1 saturated heterocycles. The molecule has 1 unspecified atom stereocenters. The molecule has 2 aromatic rings. The summed E-state index contributed by atoms with van der Waals surface area (Å²) in [5, 5.41) is 10.4. The lowest BCUT2D eigenvalue weighted by Crippen LogP contribution is -2.48. The molecule has 1 aromatic carbocycles. The largest absolute Gasteiger partial charge is 0.338 e. The monoisotopic (exact) mass is 397 g/mol. The quantitative estimate of drug-likeness (QED) is 0.810. The number of anilines is 1. The van der Waals surface area contributed by atoms with E-state index in [0.717, 1.165) is 24.2 Å². The molecule has 3 rings (SSSR count). The van der Waals surface area contributed by atoms with E-state index >= 15 is 0 Å². The van der Waals surface area contributed by atoms with E-state index in [1.54, 1.807) is 4.90 Å². The zero-order chi connectivity index (χ0) is 21.0. The zero-order valence-electron chi connectivity index (χ0n) is 17.7. The topological polar surface area (TPSA) is 79.3 Å². The highest BCUT2D eigenvalue weighted by Crippen LogP contribution is 2.20. The number of rotatable bonds is 5. The fourth-order valence-corrected chi connectivity index (χ4v) is 3.49. The van der Waals surface area contributed by atoms with Gasteiger partial charge in [0.2, 0.25) is 5.91 Å². The Kier molecular flexibility index (Phi) is 6.56. The summed E-state index contributed by atoms with van der Waals surface area (Å²) in [5.74, 6) is 0.627. The standard InChI is InChI=1S/C22H31N5O2/c1-15(2)13-23-22(29)26-11-5-6-18(14-26)21(28)24-20-12-17(4)27(25-20)19-9-7-16(3)8-10-19/h7-10,12,15,18H,5-6,11,13-14H2,1-4H3,(H,23,29)(H,24,25,28). The van der Waals surface area contributed by atoms with Gasteiger partial charge in [-0.1, -0.05) is 31.5 Å². The SMILES string of the molecule is Cc1ccc(-n2nc(NC(=O)C3CCCN(C(=O)NCC(C)C)C3)cc2C)cc1. The number of hydrogen-bond acceptors (Lipinski definition) is 3. The third-order valence-corrected chi connectivity index (χ3v) is 5.16. The average molecular weight is 398 g/mol. The number of carbonyl (C=O) groups is 2. The molecule has 1 fully saturated rings. The number of likely N-dealkylation sites (tertiary alicyclic amines) is 1. The van der Waals surface area contributed by atoms with E-state index < -0.39 is 0 Å². The summed E-state index contributed by atoms with van der Waals surface area (Å²) in [4.78, 5) is 26.9. The van der Waals surface area contributed by atoms with E-state index in [1.807, 2.05) is 48.9 Å². The maximum atomic E-state index is 12.8. The molecular weight excluding hydrogens is 366 g/mol. The van der Waals surface area contributed by atoms with Crippen molar-refractivity contribution >= 4 is 17.8 Å². The summed E-state index contributed by atoms with van der Waals surface area (Å²) >= 11 is 0. The van der Waals surface area contributed by atoms with Crippen LogP contribution in [0.1, 0.15) is 37.9 Å². The van der Waals surface area contributed by atoms with E-state index in [9.17, 15) is 9.59 Å². The molecule has 0 radical (unpaired) electrons. The molecule has 1 aliphatic heterocycles. The van der Waals surface area contributed by atoms with Crippen LogP contribution in [0.2, 0.25) is 0 Å². The van der Waals surface area contributed by atoms with Gasteiger partial charge in [-0.2, -0.15) is 0 Å². The number of amides is 3. The zero-order valence-corrected chi connectivity index (χ0v) is 17.7. The Balaban J connectivity index is 1.62. The van der Waals surface area contributed by atoms with Gasteiger partial charge >= 0.3 is 6.03 Å². The molecule has 1 aliphatic rings. The predicted octanol–water partition coefficient (Wildman–Crippen LogP) is 3.51. The maximum absolute atomic E-state index is 12.8. The summed E-state index contributed by atoms with van der Waals surface area (Å²) in [6.07, 6.45) is 1.60. The van der Waals surface area contributed by atoms with Crippen LogP contribution in [0.4, 0.5) is 10.6 Å². The van der Waals surface area contributed by atoms with Crippen LogP contribution in [0.5, 0.6) is 0 Å². The molecule has 0 saturated carbocycles. The summed E-state index contributed by atoms with van der Waals surface area (Å²) in [6.45, 7) is 9.89.